The molecule has 1 atom stereocenters. The van der Waals surface area contributed by atoms with E-state index in [-0.39, 0.29) is 0 Å². The van der Waals surface area contributed by atoms with E-state index in [2.05, 4.69) is 25.8 Å². The van der Waals surface area contributed by atoms with Gasteiger partial charge in [0.25, 0.3) is 0 Å². The molecule has 2 aromatic heterocycles. The van der Waals surface area contributed by atoms with Crippen LogP contribution in [0, 0.1) is 6.92 Å². The second kappa shape index (κ2) is 5.37. The van der Waals surface area contributed by atoms with Gasteiger partial charge in [-0.3, -0.25) is 4.68 Å². The van der Waals surface area contributed by atoms with Gasteiger partial charge in [-0.05, 0) is 14.0 Å². The zero-order valence-electron chi connectivity index (χ0n) is 10.3. The second-order valence-electron chi connectivity index (χ2n) is 4.08. The fraction of sp³-hybridized carbons (Fsp3) is 0.545. The van der Waals surface area contributed by atoms with E-state index in [0.29, 0.717) is 6.04 Å². The summed E-state index contributed by atoms with van der Waals surface area (Å²) >= 11 is 1.72. The Morgan fingerprint density at radius 3 is 2.82 bits per heavy atom. The molecule has 1 unspecified atom stereocenters. The highest BCUT2D eigenvalue weighted by Gasteiger charge is 2.13. The molecule has 92 valence electrons. The largest absolute Gasteiger partial charge is 0.316 e. The van der Waals surface area contributed by atoms with Crippen molar-refractivity contribution in [3.8, 4) is 0 Å². The van der Waals surface area contributed by atoms with Crippen LogP contribution < -0.4 is 5.32 Å². The summed E-state index contributed by atoms with van der Waals surface area (Å²) in [6.07, 6.45) is 3.39. The molecule has 0 spiro atoms. The first-order chi connectivity index (χ1) is 8.19. The first-order valence-corrected chi connectivity index (χ1v) is 6.48. The van der Waals surface area contributed by atoms with Crippen LogP contribution in [0.15, 0.2) is 11.7 Å². The van der Waals surface area contributed by atoms with Crippen molar-refractivity contribution < 1.29 is 0 Å². The maximum absolute atomic E-state index is 4.49. The van der Waals surface area contributed by atoms with Crippen molar-refractivity contribution in [3.05, 3.63) is 28.2 Å². The van der Waals surface area contributed by atoms with E-state index in [1.165, 1.54) is 5.01 Å². The monoisotopic (exact) mass is 251 g/mol. The maximum Gasteiger partial charge on any atom is 0.138 e. The molecule has 0 aliphatic rings. The van der Waals surface area contributed by atoms with Gasteiger partial charge in [0, 0.05) is 37.0 Å². The molecule has 6 heteroatoms. The predicted octanol–water partition coefficient (Wildman–Crippen LogP) is 0.953. The van der Waals surface area contributed by atoms with Gasteiger partial charge in [-0.25, -0.2) is 9.97 Å². The molecule has 0 saturated carbocycles. The molecular formula is C11H17N5S. The number of hydrogen-bond donors (Lipinski definition) is 1. The lowest BCUT2D eigenvalue weighted by Gasteiger charge is -2.13. The van der Waals surface area contributed by atoms with Crippen LogP contribution >= 0.6 is 11.3 Å². The predicted molar refractivity (Wildman–Crippen MR) is 68.1 cm³/mol. The smallest absolute Gasteiger partial charge is 0.138 e. The zero-order chi connectivity index (χ0) is 12.3. The normalized spacial score (nSPS) is 12.9. The van der Waals surface area contributed by atoms with Gasteiger partial charge in [0.15, 0.2) is 0 Å². The number of rotatable bonds is 5. The molecule has 2 rings (SSSR count). The van der Waals surface area contributed by atoms with E-state index in [9.17, 15) is 0 Å². The Bertz CT molecular complexity index is 476. The lowest BCUT2D eigenvalue weighted by molar-refractivity contribution is 0.525. The van der Waals surface area contributed by atoms with E-state index in [1.54, 1.807) is 17.7 Å². The molecule has 5 nitrogen and oxygen atoms in total. The Morgan fingerprint density at radius 2 is 2.29 bits per heavy atom. The van der Waals surface area contributed by atoms with Gasteiger partial charge in [-0.15, -0.1) is 11.3 Å². The average molecular weight is 251 g/mol. The number of nitrogens with one attached hydrogen (secondary N) is 1. The van der Waals surface area contributed by atoms with E-state index in [1.807, 2.05) is 25.7 Å². The van der Waals surface area contributed by atoms with E-state index < -0.39 is 0 Å². The Hall–Kier alpha value is -1.27. The molecule has 0 fully saturated rings. The third-order valence-corrected chi connectivity index (χ3v) is 3.72. The van der Waals surface area contributed by atoms with Gasteiger partial charge >= 0.3 is 0 Å². The maximum atomic E-state index is 4.49. The molecule has 1 N–H and O–H groups in total. The highest BCUT2D eigenvalue weighted by molar-refractivity contribution is 7.09. The number of likely N-dealkylation sites (N-methyl/N-ethyl adjacent to an activating group) is 1. The SMILES string of the molecule is CNC(Cc1nc(C)cs1)Cc1ncnn1C. The minimum Gasteiger partial charge on any atom is -0.316 e. The van der Waals surface area contributed by atoms with Gasteiger partial charge in [0.05, 0.1) is 5.01 Å². The Morgan fingerprint density at radius 1 is 1.47 bits per heavy atom. The molecule has 0 aliphatic heterocycles. The molecule has 0 aromatic carbocycles. The van der Waals surface area contributed by atoms with Gasteiger partial charge in [-0.2, -0.15) is 5.10 Å². The number of nitrogens with zero attached hydrogens (tertiary/aromatic N) is 4. The van der Waals surface area contributed by atoms with Crippen LogP contribution in [0.1, 0.15) is 16.5 Å². The van der Waals surface area contributed by atoms with E-state index in [0.717, 1.165) is 24.4 Å². The van der Waals surface area contributed by atoms with Crippen LogP contribution in [0.25, 0.3) is 0 Å². The fourth-order valence-electron chi connectivity index (χ4n) is 1.71. The van der Waals surface area contributed by atoms with Crippen molar-refractivity contribution in [2.75, 3.05) is 7.05 Å². The lowest BCUT2D eigenvalue weighted by atomic mass is 10.1. The summed E-state index contributed by atoms with van der Waals surface area (Å²) in [7, 11) is 3.89. The summed E-state index contributed by atoms with van der Waals surface area (Å²) in [5.41, 5.74) is 1.10. The Kier molecular flexibility index (Phi) is 3.86. The fourth-order valence-corrected chi connectivity index (χ4v) is 2.56. The molecule has 2 aromatic rings. The first kappa shape index (κ1) is 12.2. The first-order valence-electron chi connectivity index (χ1n) is 5.60. The van der Waals surface area contributed by atoms with Crippen LogP contribution in [-0.2, 0) is 19.9 Å². The van der Waals surface area contributed by atoms with Crippen LogP contribution in [0.2, 0.25) is 0 Å². The van der Waals surface area contributed by atoms with Gasteiger partial charge in [-0.1, -0.05) is 0 Å². The summed E-state index contributed by atoms with van der Waals surface area (Å²) < 4.78 is 1.82. The second-order valence-corrected chi connectivity index (χ2v) is 5.02. The third-order valence-electron chi connectivity index (χ3n) is 2.73. The highest BCUT2D eigenvalue weighted by atomic mass is 32.1. The summed E-state index contributed by atoms with van der Waals surface area (Å²) in [6, 6.07) is 0.350. The van der Waals surface area contributed by atoms with Crippen LogP contribution in [0.3, 0.4) is 0 Å². The van der Waals surface area contributed by atoms with Gasteiger partial charge in [0.2, 0.25) is 0 Å². The quantitative estimate of drug-likeness (QED) is 0.860. The average Bonchev–Trinajstić information content (AvgIpc) is 2.88. The standard InChI is InChI=1S/C11H17N5S/c1-8-6-17-11(15-8)5-9(12-2)4-10-13-7-14-16(10)3/h6-7,9,12H,4-5H2,1-3H3. The molecule has 17 heavy (non-hydrogen) atoms. The molecule has 0 bridgehead atoms. The summed E-state index contributed by atoms with van der Waals surface area (Å²) in [4.78, 5) is 8.73. The molecule has 0 amide bonds. The number of aryl methyl sites for hydroxylation is 2. The minimum absolute atomic E-state index is 0.350. The number of hydrogen-bond acceptors (Lipinski definition) is 5. The number of thiazole rings is 1. The molecule has 0 radical (unpaired) electrons. The topological polar surface area (TPSA) is 55.6 Å². The Labute approximate surface area is 105 Å². The summed E-state index contributed by atoms with van der Waals surface area (Å²) in [6.45, 7) is 2.02. The molecular weight excluding hydrogens is 234 g/mol. The van der Waals surface area contributed by atoms with E-state index in [4.69, 9.17) is 0 Å². The summed E-state index contributed by atoms with van der Waals surface area (Å²) in [5.74, 6) is 0.998. The number of aromatic nitrogens is 4. The molecule has 0 saturated heterocycles. The minimum atomic E-state index is 0.350. The Balaban J connectivity index is 2.00. The van der Waals surface area contributed by atoms with Crippen LogP contribution in [-0.4, -0.2) is 32.8 Å². The van der Waals surface area contributed by atoms with Crippen LogP contribution in [0.5, 0.6) is 0 Å². The van der Waals surface area contributed by atoms with Gasteiger partial charge < -0.3 is 5.32 Å². The van der Waals surface area contributed by atoms with Crippen LogP contribution in [0.4, 0.5) is 0 Å². The molecule has 0 aliphatic carbocycles. The lowest BCUT2D eigenvalue weighted by Crippen LogP contribution is -2.31. The highest BCUT2D eigenvalue weighted by Crippen LogP contribution is 2.12. The summed E-state index contributed by atoms with van der Waals surface area (Å²) in [5, 5.41) is 10.6. The van der Waals surface area contributed by atoms with Crippen molar-refractivity contribution in [1.82, 2.24) is 25.1 Å². The zero-order valence-corrected chi connectivity index (χ0v) is 11.2. The molecule has 2 heterocycles. The van der Waals surface area contributed by atoms with Crippen molar-refractivity contribution in [2.24, 2.45) is 7.05 Å². The van der Waals surface area contributed by atoms with Crippen molar-refractivity contribution in [1.29, 1.82) is 0 Å². The van der Waals surface area contributed by atoms with Crippen molar-refractivity contribution in [3.63, 3.8) is 0 Å². The van der Waals surface area contributed by atoms with Crippen molar-refractivity contribution in [2.45, 2.75) is 25.8 Å². The van der Waals surface area contributed by atoms with E-state index >= 15 is 0 Å². The van der Waals surface area contributed by atoms with Gasteiger partial charge in [0.1, 0.15) is 12.2 Å². The van der Waals surface area contributed by atoms with Crippen molar-refractivity contribution >= 4 is 11.3 Å². The third kappa shape index (κ3) is 3.10.